The van der Waals surface area contributed by atoms with Crippen LogP contribution in [0.25, 0.3) is 0 Å². The Morgan fingerprint density at radius 2 is 2.17 bits per heavy atom. The largest absolute Gasteiger partial charge is 0.465 e. The van der Waals surface area contributed by atoms with Crippen molar-refractivity contribution in [2.45, 2.75) is 45.7 Å². The molecule has 0 N–H and O–H groups in total. The van der Waals surface area contributed by atoms with E-state index in [-0.39, 0.29) is 5.91 Å². The highest BCUT2D eigenvalue weighted by molar-refractivity contribution is 5.90. The Morgan fingerprint density at radius 3 is 2.83 bits per heavy atom. The zero-order chi connectivity index (χ0) is 17.0. The highest BCUT2D eigenvalue weighted by Crippen LogP contribution is 2.18. The third-order valence-corrected chi connectivity index (χ3v) is 4.33. The number of nitrogens with zero attached hydrogens (tertiary/aromatic N) is 2. The van der Waals surface area contributed by atoms with Crippen LogP contribution < -0.4 is 0 Å². The molecule has 1 atom stereocenters. The van der Waals surface area contributed by atoms with Gasteiger partial charge in [-0.3, -0.25) is 9.69 Å². The van der Waals surface area contributed by atoms with Crippen molar-refractivity contribution in [1.29, 1.82) is 0 Å². The summed E-state index contributed by atoms with van der Waals surface area (Å²) < 4.78 is 10.3. The lowest BCUT2D eigenvalue weighted by atomic mass is 10.0. The Labute approximate surface area is 137 Å². The fourth-order valence-corrected chi connectivity index (χ4v) is 3.05. The number of piperidine rings is 1. The van der Waals surface area contributed by atoms with Gasteiger partial charge in [0.1, 0.15) is 17.1 Å². The molecule has 1 unspecified atom stereocenters. The molecule has 23 heavy (non-hydrogen) atoms. The SMILES string of the molecule is COC(=O)c1cc(CN(C)CC(=O)N2CCCCC2C)oc1C. The van der Waals surface area contributed by atoms with Crippen LogP contribution in [0.1, 0.15) is 48.1 Å². The second kappa shape index (κ2) is 7.64. The maximum Gasteiger partial charge on any atom is 0.341 e. The first-order valence-electron chi connectivity index (χ1n) is 8.08. The van der Waals surface area contributed by atoms with Crippen molar-refractivity contribution in [3.63, 3.8) is 0 Å². The molecule has 0 saturated carbocycles. The van der Waals surface area contributed by atoms with Crippen molar-refractivity contribution in [2.24, 2.45) is 0 Å². The first-order chi connectivity index (χ1) is 10.9. The molecule has 6 heteroatoms. The Hall–Kier alpha value is -1.82. The van der Waals surface area contributed by atoms with Crippen molar-refractivity contribution < 1.29 is 18.7 Å². The number of hydrogen-bond donors (Lipinski definition) is 0. The third-order valence-electron chi connectivity index (χ3n) is 4.33. The van der Waals surface area contributed by atoms with Gasteiger partial charge in [-0.05, 0) is 46.2 Å². The lowest BCUT2D eigenvalue weighted by Crippen LogP contribution is -2.46. The number of carbonyl (C=O) groups excluding carboxylic acids is 2. The van der Waals surface area contributed by atoms with Gasteiger partial charge in [0.2, 0.25) is 5.91 Å². The summed E-state index contributed by atoms with van der Waals surface area (Å²) in [6.45, 7) is 5.51. The molecule has 0 bridgehead atoms. The number of hydrogen-bond acceptors (Lipinski definition) is 5. The van der Waals surface area contributed by atoms with Crippen LogP contribution in [0.15, 0.2) is 10.5 Å². The molecule has 1 aliphatic heterocycles. The number of furan rings is 1. The van der Waals surface area contributed by atoms with Gasteiger partial charge in [-0.1, -0.05) is 0 Å². The quantitative estimate of drug-likeness (QED) is 0.778. The lowest BCUT2D eigenvalue weighted by Gasteiger charge is -2.34. The average molecular weight is 322 g/mol. The highest BCUT2D eigenvalue weighted by Gasteiger charge is 2.24. The summed E-state index contributed by atoms with van der Waals surface area (Å²) in [5, 5.41) is 0. The van der Waals surface area contributed by atoms with Crippen LogP contribution in [0.4, 0.5) is 0 Å². The fraction of sp³-hybridized carbons (Fsp3) is 0.647. The third kappa shape index (κ3) is 4.34. The molecule has 0 spiro atoms. The summed E-state index contributed by atoms with van der Waals surface area (Å²) in [5.41, 5.74) is 0.437. The first kappa shape index (κ1) is 17.5. The van der Waals surface area contributed by atoms with Crippen molar-refractivity contribution in [1.82, 2.24) is 9.80 Å². The first-order valence-corrected chi connectivity index (χ1v) is 8.08. The zero-order valence-corrected chi connectivity index (χ0v) is 14.4. The second-order valence-corrected chi connectivity index (χ2v) is 6.28. The molecule has 6 nitrogen and oxygen atoms in total. The number of likely N-dealkylation sites (N-methyl/N-ethyl adjacent to an activating group) is 1. The molecule has 2 heterocycles. The molecule has 1 aromatic heterocycles. The van der Waals surface area contributed by atoms with E-state index in [2.05, 4.69) is 6.92 Å². The van der Waals surface area contributed by atoms with Crippen molar-refractivity contribution in [3.8, 4) is 0 Å². The molecule has 0 aromatic carbocycles. The molecular formula is C17H26N2O4. The van der Waals surface area contributed by atoms with E-state index in [9.17, 15) is 9.59 Å². The van der Waals surface area contributed by atoms with Crippen LogP contribution in [-0.2, 0) is 16.1 Å². The standard InChI is InChI=1S/C17H26N2O4/c1-12-7-5-6-8-19(12)16(20)11-18(3)10-14-9-15(13(2)23-14)17(21)22-4/h9,12H,5-8,10-11H2,1-4H3. The second-order valence-electron chi connectivity index (χ2n) is 6.28. The number of likely N-dealkylation sites (tertiary alicyclic amines) is 1. The van der Waals surface area contributed by atoms with E-state index in [1.807, 2.05) is 16.8 Å². The maximum atomic E-state index is 12.4. The molecule has 0 aliphatic carbocycles. The molecule has 1 aromatic rings. The van der Waals surface area contributed by atoms with Gasteiger partial charge in [0.25, 0.3) is 0 Å². The lowest BCUT2D eigenvalue weighted by molar-refractivity contribution is -0.135. The number of methoxy groups -OCH3 is 1. The maximum absolute atomic E-state index is 12.4. The van der Waals surface area contributed by atoms with E-state index in [0.717, 1.165) is 19.4 Å². The summed E-state index contributed by atoms with van der Waals surface area (Å²) in [6, 6.07) is 2.01. The minimum atomic E-state index is -0.404. The van der Waals surface area contributed by atoms with Gasteiger partial charge in [0, 0.05) is 12.6 Å². The Balaban J connectivity index is 1.93. The van der Waals surface area contributed by atoms with E-state index in [1.54, 1.807) is 13.0 Å². The number of esters is 1. The Kier molecular flexibility index (Phi) is 5.82. The molecule has 2 rings (SSSR count). The van der Waals surface area contributed by atoms with Gasteiger partial charge in [-0.15, -0.1) is 0 Å². The molecule has 1 aliphatic rings. The monoisotopic (exact) mass is 322 g/mol. The highest BCUT2D eigenvalue weighted by atomic mass is 16.5. The summed E-state index contributed by atoms with van der Waals surface area (Å²) in [4.78, 5) is 27.9. The molecule has 128 valence electrons. The fourth-order valence-electron chi connectivity index (χ4n) is 3.05. The van der Waals surface area contributed by atoms with E-state index < -0.39 is 5.97 Å². The minimum Gasteiger partial charge on any atom is -0.465 e. The summed E-state index contributed by atoms with van der Waals surface area (Å²) in [6.07, 6.45) is 3.36. The molecule has 0 radical (unpaired) electrons. The zero-order valence-electron chi connectivity index (χ0n) is 14.4. The predicted molar refractivity (Wildman–Crippen MR) is 86.1 cm³/mol. The van der Waals surface area contributed by atoms with E-state index in [0.29, 0.717) is 36.2 Å². The normalized spacial score (nSPS) is 18.3. The average Bonchev–Trinajstić information content (AvgIpc) is 2.87. The number of aryl methyl sites for hydroxylation is 1. The number of carbonyl (C=O) groups is 2. The van der Waals surface area contributed by atoms with Gasteiger partial charge in [-0.2, -0.15) is 0 Å². The molecular weight excluding hydrogens is 296 g/mol. The van der Waals surface area contributed by atoms with Crippen LogP contribution in [0.3, 0.4) is 0 Å². The van der Waals surface area contributed by atoms with E-state index in [1.165, 1.54) is 13.5 Å². The predicted octanol–water partition coefficient (Wildman–Crippen LogP) is 2.21. The smallest absolute Gasteiger partial charge is 0.341 e. The van der Waals surface area contributed by atoms with E-state index >= 15 is 0 Å². The minimum absolute atomic E-state index is 0.149. The van der Waals surface area contributed by atoms with Crippen LogP contribution in [0.2, 0.25) is 0 Å². The molecule has 1 fully saturated rings. The number of ether oxygens (including phenoxy) is 1. The van der Waals surface area contributed by atoms with Crippen molar-refractivity contribution in [2.75, 3.05) is 27.2 Å². The van der Waals surface area contributed by atoms with Crippen LogP contribution in [0, 0.1) is 6.92 Å². The molecule has 1 saturated heterocycles. The van der Waals surface area contributed by atoms with Crippen LogP contribution in [0.5, 0.6) is 0 Å². The van der Waals surface area contributed by atoms with Gasteiger partial charge >= 0.3 is 5.97 Å². The van der Waals surface area contributed by atoms with Gasteiger partial charge in [0.15, 0.2) is 0 Å². The van der Waals surface area contributed by atoms with Gasteiger partial charge in [-0.25, -0.2) is 4.79 Å². The summed E-state index contributed by atoms with van der Waals surface area (Å²) in [5.74, 6) is 0.940. The Morgan fingerprint density at radius 1 is 1.43 bits per heavy atom. The Bertz CT molecular complexity index is 567. The van der Waals surface area contributed by atoms with E-state index in [4.69, 9.17) is 9.15 Å². The number of rotatable bonds is 5. The van der Waals surface area contributed by atoms with Crippen LogP contribution in [-0.4, -0.2) is 55.0 Å². The van der Waals surface area contributed by atoms with Crippen molar-refractivity contribution >= 4 is 11.9 Å². The van der Waals surface area contributed by atoms with Gasteiger partial charge < -0.3 is 14.1 Å². The molecule has 1 amide bonds. The number of amides is 1. The summed E-state index contributed by atoms with van der Waals surface area (Å²) >= 11 is 0. The topological polar surface area (TPSA) is 63.0 Å². The van der Waals surface area contributed by atoms with Crippen LogP contribution >= 0.6 is 0 Å². The van der Waals surface area contributed by atoms with Gasteiger partial charge in [0.05, 0.1) is 20.2 Å². The van der Waals surface area contributed by atoms with Crippen molar-refractivity contribution in [3.05, 3.63) is 23.2 Å². The summed E-state index contributed by atoms with van der Waals surface area (Å²) in [7, 11) is 3.22.